The molecule has 82 valence electrons. The summed E-state index contributed by atoms with van der Waals surface area (Å²) in [4.78, 5) is 25.4. The van der Waals surface area contributed by atoms with Gasteiger partial charge in [0.25, 0.3) is 0 Å². The van der Waals surface area contributed by atoms with Crippen LogP contribution < -0.4 is 0 Å². The molecule has 0 aromatic heterocycles. The highest BCUT2D eigenvalue weighted by Crippen LogP contribution is 2.37. The summed E-state index contributed by atoms with van der Waals surface area (Å²) in [5.41, 5.74) is 1.83. The molecule has 0 spiro atoms. The summed E-state index contributed by atoms with van der Waals surface area (Å²) in [6.45, 7) is 0.797. The highest BCUT2D eigenvalue weighted by molar-refractivity contribution is 6.01. The summed E-state index contributed by atoms with van der Waals surface area (Å²) in [6.07, 6.45) is 2.02. The molecule has 1 fully saturated rings. The van der Waals surface area contributed by atoms with Crippen LogP contribution >= 0.6 is 0 Å². The summed E-state index contributed by atoms with van der Waals surface area (Å²) < 4.78 is 0. The van der Waals surface area contributed by atoms with Crippen molar-refractivity contribution in [2.75, 3.05) is 6.54 Å². The molecular weight excluding hydrogens is 202 g/mol. The highest BCUT2D eigenvalue weighted by Gasteiger charge is 2.36. The van der Waals surface area contributed by atoms with Crippen LogP contribution in [0.2, 0.25) is 0 Å². The Balaban J connectivity index is 2.00. The van der Waals surface area contributed by atoms with E-state index < -0.39 is 0 Å². The molecule has 1 aromatic carbocycles. The van der Waals surface area contributed by atoms with E-state index in [0.717, 1.165) is 24.1 Å². The molecule has 1 saturated heterocycles. The Hall–Kier alpha value is -1.64. The fourth-order valence-corrected chi connectivity index (χ4v) is 2.71. The number of ketones is 1. The summed E-state index contributed by atoms with van der Waals surface area (Å²) in [5.74, 6) is 0.356. The summed E-state index contributed by atoms with van der Waals surface area (Å²) >= 11 is 0. The van der Waals surface area contributed by atoms with Crippen LogP contribution in [0, 0.1) is 0 Å². The number of amides is 1. The lowest BCUT2D eigenvalue weighted by Crippen LogP contribution is -2.28. The van der Waals surface area contributed by atoms with Crippen molar-refractivity contribution in [2.24, 2.45) is 0 Å². The van der Waals surface area contributed by atoms with E-state index in [9.17, 15) is 9.59 Å². The van der Waals surface area contributed by atoms with Crippen LogP contribution in [0.4, 0.5) is 0 Å². The second-order valence-corrected chi connectivity index (χ2v) is 4.42. The van der Waals surface area contributed by atoms with Gasteiger partial charge in [-0.3, -0.25) is 9.59 Å². The Morgan fingerprint density at radius 3 is 2.75 bits per heavy atom. The molecule has 3 heteroatoms. The monoisotopic (exact) mass is 215 g/mol. The van der Waals surface area contributed by atoms with Crippen molar-refractivity contribution in [1.82, 2.24) is 4.90 Å². The van der Waals surface area contributed by atoms with Gasteiger partial charge in [0.2, 0.25) is 5.91 Å². The molecule has 1 aliphatic heterocycles. The predicted molar refractivity (Wildman–Crippen MR) is 59.1 cm³/mol. The van der Waals surface area contributed by atoms with E-state index in [1.165, 1.54) is 0 Å². The van der Waals surface area contributed by atoms with Gasteiger partial charge in [0.1, 0.15) is 0 Å². The molecule has 1 aromatic rings. The third kappa shape index (κ3) is 1.28. The van der Waals surface area contributed by atoms with Crippen molar-refractivity contribution in [2.45, 2.75) is 25.3 Å². The average molecular weight is 215 g/mol. The van der Waals surface area contributed by atoms with E-state index in [0.29, 0.717) is 12.8 Å². The van der Waals surface area contributed by atoms with E-state index in [2.05, 4.69) is 0 Å². The number of nitrogens with zero attached hydrogens (tertiary/aromatic N) is 1. The van der Waals surface area contributed by atoms with Crippen LogP contribution in [0.3, 0.4) is 0 Å². The van der Waals surface area contributed by atoms with E-state index in [4.69, 9.17) is 0 Å². The summed E-state index contributed by atoms with van der Waals surface area (Å²) in [5, 5.41) is 0. The van der Waals surface area contributed by atoms with E-state index in [1.807, 2.05) is 29.2 Å². The van der Waals surface area contributed by atoms with Gasteiger partial charge in [-0.15, -0.1) is 0 Å². The predicted octanol–water partition coefficient (Wildman–Crippen LogP) is 1.94. The topological polar surface area (TPSA) is 37.4 Å². The van der Waals surface area contributed by atoms with E-state index in [1.54, 1.807) is 0 Å². The van der Waals surface area contributed by atoms with Crippen molar-refractivity contribution in [1.29, 1.82) is 0 Å². The normalized spacial score (nSPS) is 24.0. The molecule has 1 amide bonds. The molecule has 1 unspecified atom stereocenters. The maximum absolute atomic E-state index is 11.8. The van der Waals surface area contributed by atoms with Crippen molar-refractivity contribution >= 4 is 11.7 Å². The van der Waals surface area contributed by atoms with Crippen LogP contribution in [-0.4, -0.2) is 23.1 Å². The molecule has 16 heavy (non-hydrogen) atoms. The fraction of sp³-hybridized carbons (Fsp3) is 0.385. The largest absolute Gasteiger partial charge is 0.335 e. The lowest BCUT2D eigenvalue weighted by molar-refractivity contribution is -0.129. The lowest BCUT2D eigenvalue weighted by Gasteiger charge is -2.23. The molecule has 1 heterocycles. The van der Waals surface area contributed by atoms with Crippen LogP contribution in [0.5, 0.6) is 0 Å². The molecule has 1 aliphatic carbocycles. The SMILES string of the molecule is O=C1CC(N2CCCC2=O)c2ccccc21. The van der Waals surface area contributed by atoms with Gasteiger partial charge in [-0.1, -0.05) is 24.3 Å². The minimum atomic E-state index is -0.00120. The van der Waals surface area contributed by atoms with Crippen LogP contribution in [-0.2, 0) is 4.79 Å². The number of likely N-dealkylation sites (tertiary alicyclic amines) is 1. The molecule has 0 radical (unpaired) electrons. The van der Waals surface area contributed by atoms with Gasteiger partial charge in [-0.2, -0.15) is 0 Å². The maximum atomic E-state index is 11.8. The second kappa shape index (κ2) is 3.44. The average Bonchev–Trinajstić information content (AvgIpc) is 2.84. The molecule has 2 aliphatic rings. The second-order valence-electron chi connectivity index (χ2n) is 4.42. The molecule has 0 saturated carbocycles. The minimum Gasteiger partial charge on any atom is -0.335 e. The van der Waals surface area contributed by atoms with Crippen LogP contribution in [0.15, 0.2) is 24.3 Å². The van der Waals surface area contributed by atoms with Crippen molar-refractivity contribution in [3.05, 3.63) is 35.4 Å². The smallest absolute Gasteiger partial charge is 0.223 e. The van der Waals surface area contributed by atoms with Crippen molar-refractivity contribution < 1.29 is 9.59 Å². The Bertz CT molecular complexity index is 467. The number of benzene rings is 1. The zero-order valence-electron chi connectivity index (χ0n) is 8.98. The van der Waals surface area contributed by atoms with Crippen molar-refractivity contribution in [3.63, 3.8) is 0 Å². The van der Waals surface area contributed by atoms with Gasteiger partial charge in [-0.25, -0.2) is 0 Å². The molecule has 0 N–H and O–H groups in total. The number of rotatable bonds is 1. The molecular formula is C13H13NO2. The zero-order valence-corrected chi connectivity index (χ0v) is 8.98. The molecule has 1 atom stereocenters. The minimum absolute atomic E-state index is 0.00120. The number of Topliss-reactive ketones (excluding diaryl/α,β-unsaturated/α-hetero) is 1. The fourth-order valence-electron chi connectivity index (χ4n) is 2.71. The number of carbonyl (C=O) groups excluding carboxylic acids is 2. The first kappa shape index (κ1) is 9.58. The van der Waals surface area contributed by atoms with Crippen LogP contribution in [0.25, 0.3) is 0 Å². The number of fused-ring (bicyclic) bond motifs is 1. The number of carbonyl (C=O) groups is 2. The van der Waals surface area contributed by atoms with Gasteiger partial charge in [-0.05, 0) is 12.0 Å². The van der Waals surface area contributed by atoms with Gasteiger partial charge < -0.3 is 4.90 Å². The highest BCUT2D eigenvalue weighted by atomic mass is 16.2. The number of hydrogen-bond donors (Lipinski definition) is 0. The summed E-state index contributed by atoms with van der Waals surface area (Å²) in [6, 6.07) is 7.64. The van der Waals surface area contributed by atoms with Gasteiger partial charge in [0.15, 0.2) is 5.78 Å². The van der Waals surface area contributed by atoms with Gasteiger partial charge in [0, 0.05) is 24.9 Å². The Morgan fingerprint density at radius 2 is 2.00 bits per heavy atom. The van der Waals surface area contributed by atoms with E-state index >= 15 is 0 Å². The van der Waals surface area contributed by atoms with Crippen LogP contribution in [0.1, 0.15) is 41.2 Å². The standard InChI is InChI=1S/C13H13NO2/c15-12-8-11(14-7-3-6-13(14)16)9-4-1-2-5-10(9)12/h1-2,4-5,11H,3,6-8H2. The van der Waals surface area contributed by atoms with E-state index in [-0.39, 0.29) is 17.7 Å². The number of hydrogen-bond acceptors (Lipinski definition) is 2. The third-order valence-electron chi connectivity index (χ3n) is 3.49. The molecule has 3 nitrogen and oxygen atoms in total. The summed E-state index contributed by atoms with van der Waals surface area (Å²) in [7, 11) is 0. The molecule has 0 bridgehead atoms. The zero-order chi connectivity index (χ0) is 11.1. The lowest BCUT2D eigenvalue weighted by atomic mass is 10.1. The van der Waals surface area contributed by atoms with Gasteiger partial charge in [0.05, 0.1) is 6.04 Å². The first-order valence-electron chi connectivity index (χ1n) is 5.69. The first-order valence-corrected chi connectivity index (χ1v) is 5.69. The van der Waals surface area contributed by atoms with Crippen molar-refractivity contribution in [3.8, 4) is 0 Å². The quantitative estimate of drug-likeness (QED) is 0.718. The Kier molecular flexibility index (Phi) is 2.06. The Labute approximate surface area is 94.1 Å². The maximum Gasteiger partial charge on any atom is 0.223 e. The third-order valence-corrected chi connectivity index (χ3v) is 3.49. The molecule has 3 rings (SSSR count). The first-order chi connectivity index (χ1) is 7.77. The van der Waals surface area contributed by atoms with Gasteiger partial charge >= 0.3 is 0 Å². The Morgan fingerprint density at radius 1 is 1.19 bits per heavy atom.